The number of anilines is 1. The number of nitrogens with zero attached hydrogens (tertiary/aromatic N) is 4. The van der Waals surface area contributed by atoms with Crippen molar-refractivity contribution in [2.45, 2.75) is 6.54 Å². The van der Waals surface area contributed by atoms with Crippen molar-refractivity contribution in [3.05, 3.63) is 81.7 Å². The molecule has 0 N–H and O–H groups in total. The van der Waals surface area contributed by atoms with E-state index in [2.05, 4.69) is 16.0 Å². The maximum Gasteiger partial charge on any atom is 0.251 e. The predicted molar refractivity (Wildman–Crippen MR) is 124 cm³/mol. The van der Waals surface area contributed by atoms with Gasteiger partial charge in [-0.2, -0.15) is 0 Å². The van der Waals surface area contributed by atoms with Gasteiger partial charge in [-0.05, 0) is 41.5 Å². The fourth-order valence-corrected chi connectivity index (χ4v) is 4.42. The van der Waals surface area contributed by atoms with Crippen LogP contribution in [-0.4, -0.2) is 40.4 Å². The fourth-order valence-electron chi connectivity index (χ4n) is 4.18. The van der Waals surface area contributed by atoms with Crippen LogP contribution in [0.5, 0.6) is 0 Å². The predicted octanol–water partition coefficient (Wildman–Crippen LogP) is 4.08. The molecular weight excluding hydrogens is 431 g/mol. The average molecular weight is 453 g/mol. The van der Waals surface area contributed by atoms with E-state index in [4.69, 9.17) is 16.3 Å². The number of aryl methyl sites for hydroxylation is 1. The van der Waals surface area contributed by atoms with Crippen molar-refractivity contribution in [2.24, 2.45) is 7.05 Å². The quantitative estimate of drug-likeness (QED) is 0.468. The van der Waals surface area contributed by atoms with Crippen LogP contribution in [-0.2, 0) is 18.3 Å². The SMILES string of the molecule is Cn1cc(-c2ccn(Cc3cc(F)cc(Cl)c3)c(=O)c2)c2cc(N3CCOCC3)cnc21. The van der Waals surface area contributed by atoms with E-state index in [0.717, 1.165) is 40.9 Å². The highest BCUT2D eigenvalue weighted by atomic mass is 35.5. The van der Waals surface area contributed by atoms with Gasteiger partial charge in [-0.25, -0.2) is 9.37 Å². The molecule has 3 aromatic heterocycles. The molecule has 8 heteroatoms. The van der Waals surface area contributed by atoms with Gasteiger partial charge in [0, 0.05) is 54.6 Å². The van der Waals surface area contributed by atoms with Crippen LogP contribution in [0.3, 0.4) is 0 Å². The number of hydrogen-bond donors (Lipinski definition) is 0. The zero-order chi connectivity index (χ0) is 22.2. The topological polar surface area (TPSA) is 52.3 Å². The molecule has 6 nitrogen and oxygen atoms in total. The van der Waals surface area contributed by atoms with Gasteiger partial charge >= 0.3 is 0 Å². The lowest BCUT2D eigenvalue weighted by Gasteiger charge is -2.28. The molecule has 1 aliphatic rings. The van der Waals surface area contributed by atoms with Crippen LogP contribution in [0.15, 0.2) is 59.8 Å². The summed E-state index contributed by atoms with van der Waals surface area (Å²) in [4.78, 5) is 19.8. The number of ether oxygens (including phenoxy) is 1. The minimum absolute atomic E-state index is 0.169. The van der Waals surface area contributed by atoms with Crippen molar-refractivity contribution in [3.63, 3.8) is 0 Å². The first kappa shape index (κ1) is 20.7. The number of benzene rings is 1. The van der Waals surface area contributed by atoms with Crippen LogP contribution in [0.4, 0.5) is 10.1 Å². The molecule has 5 rings (SSSR count). The van der Waals surface area contributed by atoms with E-state index in [9.17, 15) is 9.18 Å². The van der Waals surface area contributed by atoms with Gasteiger partial charge in [0.25, 0.3) is 5.56 Å². The summed E-state index contributed by atoms with van der Waals surface area (Å²) in [5.41, 5.74) is 4.13. The highest BCUT2D eigenvalue weighted by Gasteiger charge is 2.16. The lowest BCUT2D eigenvalue weighted by molar-refractivity contribution is 0.122. The maximum absolute atomic E-state index is 13.6. The van der Waals surface area contributed by atoms with Crippen LogP contribution in [0.2, 0.25) is 5.02 Å². The highest BCUT2D eigenvalue weighted by Crippen LogP contribution is 2.31. The Bertz CT molecular complexity index is 1340. The molecular formula is C24H22ClFN4O2. The van der Waals surface area contributed by atoms with E-state index in [1.165, 1.54) is 16.7 Å². The molecule has 0 radical (unpaired) electrons. The van der Waals surface area contributed by atoms with Crippen LogP contribution >= 0.6 is 11.6 Å². The Morgan fingerprint density at radius 3 is 2.72 bits per heavy atom. The Hall–Kier alpha value is -3.16. The van der Waals surface area contributed by atoms with Gasteiger partial charge in [0.05, 0.1) is 31.6 Å². The van der Waals surface area contributed by atoms with Crippen molar-refractivity contribution < 1.29 is 9.13 Å². The molecule has 0 spiro atoms. The summed E-state index contributed by atoms with van der Waals surface area (Å²) in [5.74, 6) is -0.420. The van der Waals surface area contributed by atoms with Crippen LogP contribution in [0.25, 0.3) is 22.2 Å². The molecule has 1 fully saturated rings. The van der Waals surface area contributed by atoms with E-state index in [1.807, 2.05) is 30.1 Å². The van der Waals surface area contributed by atoms with Gasteiger partial charge in [0.2, 0.25) is 0 Å². The zero-order valence-electron chi connectivity index (χ0n) is 17.6. The first-order valence-corrected chi connectivity index (χ1v) is 10.8. The summed E-state index contributed by atoms with van der Waals surface area (Å²) in [7, 11) is 1.95. The summed E-state index contributed by atoms with van der Waals surface area (Å²) >= 11 is 5.94. The Balaban J connectivity index is 1.50. The fraction of sp³-hybridized carbons (Fsp3) is 0.250. The number of pyridine rings is 2. The number of morpholine rings is 1. The van der Waals surface area contributed by atoms with Crippen molar-refractivity contribution in [1.82, 2.24) is 14.1 Å². The van der Waals surface area contributed by atoms with Gasteiger partial charge in [0.15, 0.2) is 0 Å². The van der Waals surface area contributed by atoms with Crippen molar-refractivity contribution in [3.8, 4) is 11.1 Å². The summed E-state index contributed by atoms with van der Waals surface area (Å²) in [6, 6.07) is 9.93. The minimum Gasteiger partial charge on any atom is -0.378 e. The van der Waals surface area contributed by atoms with Crippen LogP contribution in [0, 0.1) is 5.82 Å². The third-order valence-electron chi connectivity index (χ3n) is 5.76. The molecule has 0 atom stereocenters. The monoisotopic (exact) mass is 452 g/mol. The molecule has 1 aromatic carbocycles. The summed E-state index contributed by atoms with van der Waals surface area (Å²) in [6.45, 7) is 3.31. The molecule has 0 saturated carbocycles. The minimum atomic E-state index is -0.420. The summed E-state index contributed by atoms with van der Waals surface area (Å²) in [6.07, 6.45) is 5.61. The first-order valence-electron chi connectivity index (χ1n) is 10.4. The number of aromatic nitrogens is 3. The summed E-state index contributed by atoms with van der Waals surface area (Å²) < 4.78 is 22.6. The summed E-state index contributed by atoms with van der Waals surface area (Å²) in [5, 5.41) is 1.30. The van der Waals surface area contributed by atoms with Crippen molar-refractivity contribution in [2.75, 3.05) is 31.2 Å². The Morgan fingerprint density at radius 1 is 1.16 bits per heavy atom. The third-order valence-corrected chi connectivity index (χ3v) is 5.98. The molecule has 1 saturated heterocycles. The molecule has 0 amide bonds. The van der Waals surface area contributed by atoms with E-state index < -0.39 is 5.82 Å². The van der Waals surface area contributed by atoms with Crippen LogP contribution < -0.4 is 10.5 Å². The Labute approximate surface area is 189 Å². The standard InChI is InChI=1S/C24H22ClFN4O2/c1-28-15-22(21-12-20(13-27-24(21)28)29-4-6-32-7-5-29)17-2-3-30(23(31)10-17)14-16-8-18(25)11-19(26)9-16/h2-3,8-13,15H,4-7,14H2,1H3. The van der Waals surface area contributed by atoms with Crippen molar-refractivity contribution in [1.29, 1.82) is 0 Å². The average Bonchev–Trinajstić information content (AvgIpc) is 3.11. The Kier molecular flexibility index (Phi) is 5.45. The largest absolute Gasteiger partial charge is 0.378 e. The molecule has 32 heavy (non-hydrogen) atoms. The van der Waals surface area contributed by atoms with Gasteiger partial charge in [0.1, 0.15) is 11.5 Å². The van der Waals surface area contributed by atoms with E-state index >= 15 is 0 Å². The van der Waals surface area contributed by atoms with E-state index in [-0.39, 0.29) is 12.1 Å². The smallest absolute Gasteiger partial charge is 0.251 e. The van der Waals surface area contributed by atoms with Gasteiger partial charge in [-0.3, -0.25) is 4.79 Å². The lowest BCUT2D eigenvalue weighted by Crippen LogP contribution is -2.36. The molecule has 4 aromatic rings. The van der Waals surface area contributed by atoms with E-state index in [1.54, 1.807) is 18.3 Å². The first-order chi connectivity index (χ1) is 15.5. The molecule has 0 unspecified atom stereocenters. The molecule has 1 aliphatic heterocycles. The third kappa shape index (κ3) is 4.01. The maximum atomic E-state index is 13.6. The second-order valence-corrected chi connectivity index (χ2v) is 8.41. The van der Waals surface area contributed by atoms with Crippen LogP contribution in [0.1, 0.15) is 5.56 Å². The number of fused-ring (bicyclic) bond motifs is 1. The second-order valence-electron chi connectivity index (χ2n) is 7.98. The van der Waals surface area contributed by atoms with Gasteiger partial charge in [-0.1, -0.05) is 11.6 Å². The number of rotatable bonds is 4. The molecule has 0 aliphatic carbocycles. The lowest BCUT2D eigenvalue weighted by atomic mass is 10.1. The van der Waals surface area contributed by atoms with Gasteiger partial charge in [-0.15, -0.1) is 0 Å². The highest BCUT2D eigenvalue weighted by molar-refractivity contribution is 6.30. The number of halogens is 2. The Morgan fingerprint density at radius 2 is 1.97 bits per heavy atom. The normalized spacial score (nSPS) is 14.3. The molecule has 4 heterocycles. The molecule has 164 valence electrons. The number of hydrogen-bond acceptors (Lipinski definition) is 4. The second kappa shape index (κ2) is 8.41. The zero-order valence-corrected chi connectivity index (χ0v) is 18.3. The van der Waals surface area contributed by atoms with E-state index in [0.29, 0.717) is 23.8 Å². The molecule has 0 bridgehead atoms. The van der Waals surface area contributed by atoms with Crippen molar-refractivity contribution >= 4 is 28.3 Å². The van der Waals surface area contributed by atoms with Gasteiger partial charge < -0.3 is 18.8 Å².